The monoisotopic (exact) mass is 656 g/mol. The van der Waals surface area contributed by atoms with E-state index in [0.717, 1.165) is 46.9 Å². The van der Waals surface area contributed by atoms with Crippen molar-refractivity contribution in [2.45, 2.75) is 39.2 Å². The predicted molar refractivity (Wildman–Crippen MR) is 179 cm³/mol. The first-order valence-corrected chi connectivity index (χ1v) is 17.4. The van der Waals surface area contributed by atoms with Gasteiger partial charge in [0.15, 0.2) is 0 Å². The number of nitrogens with one attached hydrogen (secondary N) is 1. The minimum absolute atomic E-state index is 0.0665. The van der Waals surface area contributed by atoms with E-state index in [2.05, 4.69) is 28.9 Å². The van der Waals surface area contributed by atoms with Crippen LogP contribution in [0, 0.1) is 6.42 Å². The fourth-order valence-electron chi connectivity index (χ4n) is 5.43. The van der Waals surface area contributed by atoms with Crippen molar-refractivity contribution in [2.24, 2.45) is 5.11 Å². The number of hydrogen-bond acceptors (Lipinski definition) is 8. The number of carbonyl (C=O) groups is 1. The van der Waals surface area contributed by atoms with Gasteiger partial charge in [0.05, 0.1) is 79.6 Å². The molecule has 1 aliphatic carbocycles. The van der Waals surface area contributed by atoms with E-state index >= 15 is 0 Å². The standard InChI is InChI=1S/C34H47N4O7S/c1-26(2)23-29-25-36-38-15-9-28(24-31(29)38)34-32(41-4)7-6-8-33(34)46(5,40)37-13-10-30(11-14-37)45-22-21-44-20-19-43-18-17-42-16-12-35-27(3)39/h6-9,15,24-25,30H,1,5,10-14,16-23H2,2-4H3/p+1/b34-28-. The van der Waals surface area contributed by atoms with Gasteiger partial charge < -0.3 is 29.0 Å². The number of ether oxygens (including phenoxy) is 5. The van der Waals surface area contributed by atoms with Crippen LogP contribution in [0.3, 0.4) is 0 Å². The average Bonchev–Trinajstić information content (AvgIpc) is 3.44. The van der Waals surface area contributed by atoms with E-state index in [0.29, 0.717) is 76.5 Å². The quantitative estimate of drug-likeness (QED) is 0.112. The predicted octanol–water partition coefficient (Wildman–Crippen LogP) is 2.41. The molecule has 1 fully saturated rings. The first-order chi connectivity index (χ1) is 22.2. The molecule has 12 heteroatoms. The smallest absolute Gasteiger partial charge is 0.243 e. The maximum Gasteiger partial charge on any atom is 0.243 e. The van der Waals surface area contributed by atoms with Gasteiger partial charge in [-0.1, -0.05) is 22.6 Å². The number of amides is 1. The number of pyridine rings is 1. The van der Waals surface area contributed by atoms with Crippen molar-refractivity contribution < 1.29 is 37.1 Å². The zero-order chi connectivity index (χ0) is 32.9. The van der Waals surface area contributed by atoms with Crippen molar-refractivity contribution in [3.63, 3.8) is 0 Å². The summed E-state index contributed by atoms with van der Waals surface area (Å²) >= 11 is 0. The molecule has 251 valence electrons. The lowest BCUT2D eigenvalue weighted by atomic mass is 10.0. The Morgan fingerprint density at radius 2 is 1.74 bits per heavy atom. The molecule has 46 heavy (non-hydrogen) atoms. The van der Waals surface area contributed by atoms with Crippen LogP contribution in [0.2, 0.25) is 0 Å². The Hall–Kier alpha value is -3.13. The Bertz CT molecular complexity index is 1560. The van der Waals surface area contributed by atoms with Crippen molar-refractivity contribution in [1.82, 2.24) is 9.62 Å². The summed E-state index contributed by atoms with van der Waals surface area (Å²) in [6.07, 6.45) is 11.8. The summed E-state index contributed by atoms with van der Waals surface area (Å²) < 4.78 is 46.6. The molecule has 2 aliphatic heterocycles. The molecule has 1 aromatic rings. The number of carbonyl (C=O) groups excluding carboxylic acids is 1. The summed E-state index contributed by atoms with van der Waals surface area (Å²) in [6.45, 7) is 12.6. The first kappa shape index (κ1) is 35.7. The third-order valence-corrected chi connectivity index (χ3v) is 9.92. The van der Waals surface area contributed by atoms with Crippen LogP contribution in [-0.2, 0) is 38.2 Å². The summed E-state index contributed by atoms with van der Waals surface area (Å²) in [5, 5.41) is 8.06. The van der Waals surface area contributed by atoms with Crippen LogP contribution in [0.1, 0.15) is 38.8 Å². The molecule has 0 spiro atoms. The lowest BCUT2D eigenvalue weighted by Gasteiger charge is -2.35. The SMILES string of the molecule is C=C(C)CC1=CN=[n+]2cc/c(=C3\C(OC)=C[CH]C=C3S(=C)(=O)N3CCC(OCCOCCOCCOCCNC(C)=O)CC3)cc21. The second-order valence-electron chi connectivity index (χ2n) is 11.3. The molecular weight excluding hydrogens is 608 g/mol. The number of nitrogens with zero attached hydrogens (tertiary/aromatic N) is 3. The topological polar surface area (TPSA) is 114 Å². The third-order valence-electron chi connectivity index (χ3n) is 7.70. The second-order valence-corrected chi connectivity index (χ2v) is 13.6. The highest BCUT2D eigenvalue weighted by Crippen LogP contribution is 2.33. The zero-order valence-corrected chi connectivity index (χ0v) is 28.1. The number of rotatable bonds is 18. The summed E-state index contributed by atoms with van der Waals surface area (Å²) in [5.41, 5.74) is 3.90. The van der Waals surface area contributed by atoms with Gasteiger partial charge in [0.2, 0.25) is 17.8 Å². The normalized spacial score (nSPS) is 19.3. The van der Waals surface area contributed by atoms with E-state index in [9.17, 15) is 9.00 Å². The van der Waals surface area contributed by atoms with Crippen LogP contribution >= 0.6 is 0 Å². The maximum atomic E-state index is 14.5. The molecule has 0 aromatic carbocycles. The summed E-state index contributed by atoms with van der Waals surface area (Å²) in [4.78, 5) is 11.5. The highest BCUT2D eigenvalue weighted by Gasteiger charge is 2.32. The van der Waals surface area contributed by atoms with Gasteiger partial charge in [0, 0.05) is 57.1 Å². The molecule has 1 atom stereocenters. The first-order valence-electron chi connectivity index (χ1n) is 15.7. The van der Waals surface area contributed by atoms with Crippen molar-refractivity contribution in [2.75, 3.05) is 73.0 Å². The molecule has 1 saturated heterocycles. The fraction of sp³-hybridized carbons (Fsp3) is 0.500. The molecule has 4 rings (SSSR count). The minimum atomic E-state index is -2.82. The minimum Gasteiger partial charge on any atom is -0.496 e. The largest absolute Gasteiger partial charge is 0.496 e. The van der Waals surface area contributed by atoms with E-state index in [4.69, 9.17) is 23.7 Å². The molecular formula is C34H48N4O7S+. The maximum absolute atomic E-state index is 14.5. The van der Waals surface area contributed by atoms with E-state index in [-0.39, 0.29) is 12.0 Å². The third kappa shape index (κ3) is 9.93. The van der Waals surface area contributed by atoms with Crippen LogP contribution in [0.15, 0.2) is 64.6 Å². The molecule has 1 amide bonds. The van der Waals surface area contributed by atoms with Gasteiger partial charge in [-0.05, 0) is 42.0 Å². The van der Waals surface area contributed by atoms with E-state index in [1.807, 2.05) is 52.6 Å². The Labute approximate surface area is 273 Å². The molecule has 0 saturated carbocycles. The Morgan fingerprint density at radius 1 is 1.07 bits per heavy atom. The zero-order valence-electron chi connectivity index (χ0n) is 27.3. The van der Waals surface area contributed by atoms with Gasteiger partial charge in [-0.3, -0.25) is 4.79 Å². The average molecular weight is 657 g/mol. The molecule has 0 bridgehead atoms. The van der Waals surface area contributed by atoms with E-state index in [1.54, 1.807) is 7.11 Å². The molecule has 3 heterocycles. The number of hydrogen-bond donors (Lipinski definition) is 1. The van der Waals surface area contributed by atoms with Crippen molar-refractivity contribution >= 4 is 32.6 Å². The number of piperidine rings is 1. The van der Waals surface area contributed by atoms with E-state index < -0.39 is 9.71 Å². The van der Waals surface area contributed by atoms with Crippen molar-refractivity contribution in [3.8, 4) is 0 Å². The molecule has 3 aliphatic rings. The molecule has 1 unspecified atom stereocenters. The van der Waals surface area contributed by atoms with Crippen LogP contribution in [-0.4, -0.2) is 99.4 Å². The van der Waals surface area contributed by atoms with E-state index in [1.165, 1.54) is 6.92 Å². The van der Waals surface area contributed by atoms with Gasteiger partial charge >= 0.3 is 0 Å². The Kier molecular flexibility index (Phi) is 13.7. The van der Waals surface area contributed by atoms with Gasteiger partial charge in [0.1, 0.15) is 12.0 Å². The lowest BCUT2D eigenvalue weighted by Crippen LogP contribution is -2.42. The van der Waals surface area contributed by atoms with Crippen LogP contribution in [0.25, 0.3) is 11.1 Å². The van der Waals surface area contributed by atoms with Crippen molar-refractivity contribution in [1.29, 1.82) is 0 Å². The summed E-state index contributed by atoms with van der Waals surface area (Å²) in [6, 6.07) is 4.05. The lowest BCUT2D eigenvalue weighted by molar-refractivity contribution is -0.542. The highest BCUT2D eigenvalue weighted by molar-refractivity contribution is 8.02. The number of fused-ring (bicyclic) bond motifs is 1. The summed E-state index contributed by atoms with van der Waals surface area (Å²) in [7, 11) is -1.19. The number of allylic oxidation sites excluding steroid dienone is 5. The molecule has 1 radical (unpaired) electrons. The molecule has 11 nitrogen and oxygen atoms in total. The molecule has 1 aromatic heterocycles. The Morgan fingerprint density at radius 3 is 2.39 bits per heavy atom. The summed E-state index contributed by atoms with van der Waals surface area (Å²) in [5.74, 6) is 4.86. The fourth-order valence-corrected chi connectivity index (χ4v) is 7.33. The number of aromatic nitrogens is 1. The highest BCUT2D eigenvalue weighted by atomic mass is 32.2. The van der Waals surface area contributed by atoms with Crippen LogP contribution < -0.4 is 14.9 Å². The van der Waals surface area contributed by atoms with Gasteiger partial charge in [-0.25, -0.2) is 8.51 Å². The second kappa shape index (κ2) is 17.7. The van der Waals surface area contributed by atoms with Crippen LogP contribution in [0.5, 0.6) is 0 Å². The number of methoxy groups -OCH3 is 1. The van der Waals surface area contributed by atoms with Gasteiger partial charge in [-0.15, -0.1) is 0 Å². The molecule has 1 N–H and O–H groups in total. The van der Waals surface area contributed by atoms with Gasteiger partial charge in [0.25, 0.3) is 0 Å². The Balaban J connectivity index is 1.25. The van der Waals surface area contributed by atoms with Crippen molar-refractivity contribution in [3.05, 3.63) is 76.8 Å². The van der Waals surface area contributed by atoms with Crippen LogP contribution in [0.4, 0.5) is 0 Å². The van der Waals surface area contributed by atoms with Gasteiger partial charge in [-0.2, -0.15) is 0 Å².